The van der Waals surface area contributed by atoms with Crippen LogP contribution in [0.15, 0.2) is 48.5 Å². The largest absolute Gasteiger partial charge is 0.741 e. The molecule has 2 aromatic rings. The van der Waals surface area contributed by atoms with Crippen molar-refractivity contribution in [2.24, 2.45) is 0 Å². The van der Waals surface area contributed by atoms with E-state index in [2.05, 4.69) is 12.1 Å². The summed E-state index contributed by atoms with van der Waals surface area (Å²) in [6.07, 6.45) is 0.0845. The molecule has 0 saturated heterocycles. The maximum Gasteiger partial charge on any atom is 0.485 e. The van der Waals surface area contributed by atoms with Crippen LogP contribution in [-0.2, 0) is 21.3 Å². The molecule has 0 radical (unpaired) electrons. The van der Waals surface area contributed by atoms with E-state index < -0.39 is 21.6 Å². The molecule has 2 rings (SSSR count). The minimum absolute atomic E-state index is 0.0845. The lowest BCUT2D eigenvalue weighted by molar-refractivity contribution is -0.597. The van der Waals surface area contributed by atoms with Gasteiger partial charge in [0.25, 0.3) is 0 Å². The number of carboxylic acid groups (broad SMARTS) is 1. The highest BCUT2D eigenvalue weighted by Gasteiger charge is 2.36. The van der Waals surface area contributed by atoms with Gasteiger partial charge in [0.15, 0.2) is 17.3 Å². The molecule has 1 N–H and O–H groups in total. The van der Waals surface area contributed by atoms with Crippen molar-refractivity contribution in [3.8, 4) is 5.75 Å². The molecule has 0 fully saturated rings. The van der Waals surface area contributed by atoms with Crippen LogP contribution in [0.2, 0.25) is 0 Å². The summed E-state index contributed by atoms with van der Waals surface area (Å²) in [7, 11) is -4.43. The van der Waals surface area contributed by atoms with E-state index in [1.807, 2.05) is 36.4 Å². The summed E-state index contributed by atoms with van der Waals surface area (Å²) in [5.41, 5.74) is -4.80. The second-order valence-electron chi connectivity index (χ2n) is 4.85. The molecule has 0 atom stereocenters. The standard InChI is InChI=1S/C15H13IO3.CHF3O3S/c1-19-14-8-6-13(7-9-14)16-12-4-2-11(3-5-12)10-15(17)18;2-1(3,4)8(5,6)7/h2-9H,10H2,1H3;(H,5,6,7). The summed E-state index contributed by atoms with van der Waals surface area (Å²) in [6, 6.07) is 15.9. The van der Waals surface area contributed by atoms with E-state index in [4.69, 9.17) is 22.8 Å². The zero-order valence-electron chi connectivity index (χ0n) is 13.7. The Morgan fingerprint density at radius 3 is 1.81 bits per heavy atom. The third-order valence-corrected chi connectivity index (χ3v) is 6.07. The van der Waals surface area contributed by atoms with Gasteiger partial charge in [-0.05, 0) is 42.0 Å². The number of carbonyl (C=O) groups is 1. The summed E-state index contributed by atoms with van der Waals surface area (Å²) in [6.45, 7) is 0. The summed E-state index contributed by atoms with van der Waals surface area (Å²) >= 11 is -0.226. The minimum atomic E-state index is -6.09. The first-order valence-electron chi connectivity index (χ1n) is 7.04. The van der Waals surface area contributed by atoms with Crippen LogP contribution >= 0.6 is 0 Å². The molecular weight excluding hydrogens is 504 g/mol. The number of carboxylic acids is 1. The lowest BCUT2D eigenvalue weighted by Gasteiger charge is -2.08. The second kappa shape index (κ2) is 9.90. The van der Waals surface area contributed by atoms with E-state index in [0.717, 1.165) is 11.3 Å². The number of aliphatic carboxylic acids is 1. The lowest BCUT2D eigenvalue weighted by Crippen LogP contribution is -3.61. The number of methoxy groups -OCH3 is 1. The van der Waals surface area contributed by atoms with Crippen LogP contribution in [0.5, 0.6) is 5.75 Å². The monoisotopic (exact) mass is 518 g/mol. The molecule has 11 heteroatoms. The van der Waals surface area contributed by atoms with E-state index >= 15 is 0 Å². The number of benzene rings is 2. The molecule has 2 aromatic carbocycles. The predicted molar refractivity (Wildman–Crippen MR) is 83.9 cm³/mol. The maximum atomic E-state index is 10.7. The van der Waals surface area contributed by atoms with Crippen molar-refractivity contribution in [2.75, 3.05) is 7.11 Å². The van der Waals surface area contributed by atoms with Gasteiger partial charge in [-0.15, -0.1) is 0 Å². The molecule has 27 heavy (non-hydrogen) atoms. The number of hydrogen-bond acceptors (Lipinski definition) is 5. The van der Waals surface area contributed by atoms with Gasteiger partial charge in [-0.2, -0.15) is 13.2 Å². The number of rotatable bonds is 5. The Morgan fingerprint density at radius 2 is 1.48 bits per heavy atom. The number of alkyl halides is 3. The summed E-state index contributed by atoms with van der Waals surface area (Å²) in [5, 5.41) is 8.72. The average Bonchev–Trinajstić information content (AvgIpc) is 2.56. The Balaban J connectivity index is 0.000000387. The van der Waals surface area contributed by atoms with Crippen LogP contribution in [0.25, 0.3) is 0 Å². The first-order chi connectivity index (χ1) is 12.4. The molecule has 0 bridgehead atoms. The fraction of sp³-hybridized carbons (Fsp3) is 0.188. The van der Waals surface area contributed by atoms with Crippen molar-refractivity contribution in [1.82, 2.24) is 0 Å². The van der Waals surface area contributed by atoms with Gasteiger partial charge in [-0.3, -0.25) is 4.79 Å². The highest BCUT2D eigenvalue weighted by molar-refractivity contribution is 7.86. The van der Waals surface area contributed by atoms with Crippen LogP contribution in [0.3, 0.4) is 0 Å². The van der Waals surface area contributed by atoms with Gasteiger partial charge in [-0.1, -0.05) is 12.1 Å². The van der Waals surface area contributed by atoms with Crippen molar-refractivity contribution in [3.05, 3.63) is 61.2 Å². The average molecular weight is 518 g/mol. The Kier molecular flexibility index (Phi) is 8.50. The molecule has 0 spiro atoms. The smallest absolute Gasteiger partial charge is 0.485 e. The topological polar surface area (TPSA) is 104 Å². The van der Waals surface area contributed by atoms with Crippen molar-refractivity contribution in [1.29, 1.82) is 0 Å². The third-order valence-electron chi connectivity index (χ3n) is 2.82. The third kappa shape index (κ3) is 8.58. The van der Waals surface area contributed by atoms with E-state index in [1.54, 1.807) is 7.11 Å². The molecule has 6 nitrogen and oxygen atoms in total. The fourth-order valence-electron chi connectivity index (χ4n) is 1.60. The van der Waals surface area contributed by atoms with Gasteiger partial charge < -0.3 is 14.4 Å². The van der Waals surface area contributed by atoms with Crippen LogP contribution in [0.1, 0.15) is 5.56 Å². The highest BCUT2D eigenvalue weighted by atomic mass is 127. The summed E-state index contributed by atoms with van der Waals surface area (Å²) in [4.78, 5) is 10.6. The number of hydrogen-bond donors (Lipinski definition) is 1. The molecule has 0 aromatic heterocycles. The molecular formula is C16H14F3IO6S. The first-order valence-corrected chi connectivity index (χ1v) is 10.6. The SMILES string of the molecule is COc1ccc([I+]c2ccc(CC(=O)O)cc2)cc1.O=S(=O)([O-])C(F)(F)F. The number of halogens is 4. The van der Waals surface area contributed by atoms with Crippen molar-refractivity contribution in [2.45, 2.75) is 11.9 Å². The zero-order chi connectivity index (χ0) is 20.7. The van der Waals surface area contributed by atoms with Crippen LogP contribution < -0.4 is 25.9 Å². The molecule has 0 amide bonds. The van der Waals surface area contributed by atoms with Gasteiger partial charge in [0.05, 0.1) is 13.5 Å². The molecule has 0 aliphatic carbocycles. The van der Waals surface area contributed by atoms with E-state index in [9.17, 15) is 18.0 Å². The summed E-state index contributed by atoms with van der Waals surface area (Å²) in [5.74, 6) is 0.0715. The van der Waals surface area contributed by atoms with Gasteiger partial charge in [0.2, 0.25) is 0 Å². The minimum Gasteiger partial charge on any atom is -0.741 e. The van der Waals surface area contributed by atoms with Gasteiger partial charge in [0, 0.05) is 0 Å². The molecule has 0 saturated carbocycles. The fourth-order valence-corrected chi connectivity index (χ4v) is 3.76. The molecule has 0 heterocycles. The maximum absolute atomic E-state index is 10.7. The molecule has 0 aliphatic rings. The van der Waals surface area contributed by atoms with Gasteiger partial charge in [0.1, 0.15) is 5.75 Å². The molecule has 0 aliphatic heterocycles. The Bertz CT molecular complexity index is 849. The van der Waals surface area contributed by atoms with E-state index in [-0.39, 0.29) is 27.6 Å². The van der Waals surface area contributed by atoms with Gasteiger partial charge in [-0.25, -0.2) is 8.42 Å². The normalized spacial score (nSPS) is 11.3. The quantitative estimate of drug-likeness (QED) is 0.326. The van der Waals surface area contributed by atoms with Crippen molar-refractivity contribution in [3.63, 3.8) is 0 Å². The Labute approximate surface area is 164 Å². The second-order valence-corrected chi connectivity index (χ2v) is 9.25. The zero-order valence-corrected chi connectivity index (χ0v) is 16.7. The van der Waals surface area contributed by atoms with Crippen LogP contribution in [0.4, 0.5) is 13.2 Å². The van der Waals surface area contributed by atoms with Crippen molar-refractivity contribution >= 4 is 16.1 Å². The van der Waals surface area contributed by atoms with E-state index in [0.29, 0.717) is 0 Å². The first kappa shape index (κ1) is 23.2. The lowest BCUT2D eigenvalue weighted by atomic mass is 10.2. The van der Waals surface area contributed by atoms with Crippen LogP contribution in [0, 0.1) is 7.14 Å². The van der Waals surface area contributed by atoms with E-state index in [1.165, 1.54) is 7.14 Å². The Morgan fingerprint density at radius 1 is 1.07 bits per heavy atom. The predicted octanol–water partition coefficient (Wildman–Crippen LogP) is -0.498. The highest BCUT2D eigenvalue weighted by Crippen LogP contribution is 2.20. The number of ether oxygens (including phenoxy) is 1. The van der Waals surface area contributed by atoms with Crippen molar-refractivity contribution < 1.29 is 62.0 Å². The molecule has 0 unspecified atom stereocenters. The molecule has 148 valence electrons. The Hall–Kier alpha value is -1.86. The van der Waals surface area contributed by atoms with Crippen LogP contribution in [-0.4, -0.2) is 36.7 Å². The van der Waals surface area contributed by atoms with Gasteiger partial charge >= 0.3 is 32.7 Å². The summed E-state index contributed by atoms with van der Waals surface area (Å²) < 4.78 is 66.6.